The standard InChI is InChI=1S/C21H28ClN3O/c1-4-25(5-2)15-18-11-7-6-10-17(18)14-23-21(26)24-16(3)19-12-8-9-13-20(19)22/h6-13,16H,4-5,14-15H2,1-3H3,(H2,23,24,26). The van der Waals surface area contributed by atoms with Crippen LogP contribution in [-0.4, -0.2) is 24.0 Å². The van der Waals surface area contributed by atoms with Crippen molar-refractivity contribution in [3.8, 4) is 0 Å². The average molecular weight is 374 g/mol. The van der Waals surface area contributed by atoms with Gasteiger partial charge in [0.15, 0.2) is 0 Å². The first kappa shape index (κ1) is 20.3. The molecule has 0 radical (unpaired) electrons. The summed E-state index contributed by atoms with van der Waals surface area (Å²) in [4.78, 5) is 14.6. The fourth-order valence-electron chi connectivity index (χ4n) is 2.90. The van der Waals surface area contributed by atoms with E-state index in [1.54, 1.807) is 0 Å². The van der Waals surface area contributed by atoms with Gasteiger partial charge in [-0.1, -0.05) is 67.9 Å². The quantitative estimate of drug-likeness (QED) is 0.701. The van der Waals surface area contributed by atoms with Crippen molar-refractivity contribution in [2.45, 2.75) is 39.9 Å². The minimum Gasteiger partial charge on any atom is -0.334 e. The van der Waals surface area contributed by atoms with Crippen molar-refractivity contribution in [2.24, 2.45) is 0 Å². The van der Waals surface area contributed by atoms with Gasteiger partial charge in [-0.3, -0.25) is 4.90 Å². The van der Waals surface area contributed by atoms with Crippen molar-refractivity contribution < 1.29 is 4.79 Å². The smallest absolute Gasteiger partial charge is 0.315 e. The van der Waals surface area contributed by atoms with E-state index in [-0.39, 0.29) is 12.1 Å². The predicted octanol–water partition coefficient (Wildman–Crippen LogP) is 4.74. The number of nitrogens with zero attached hydrogens (tertiary/aromatic N) is 1. The maximum Gasteiger partial charge on any atom is 0.315 e. The molecule has 0 spiro atoms. The zero-order valence-corrected chi connectivity index (χ0v) is 16.5. The number of halogens is 1. The highest BCUT2D eigenvalue weighted by molar-refractivity contribution is 6.31. The molecule has 26 heavy (non-hydrogen) atoms. The lowest BCUT2D eigenvalue weighted by Gasteiger charge is -2.21. The second-order valence-electron chi connectivity index (χ2n) is 6.30. The lowest BCUT2D eigenvalue weighted by molar-refractivity contribution is 0.237. The summed E-state index contributed by atoms with van der Waals surface area (Å²) in [6.45, 7) is 9.65. The molecule has 1 atom stereocenters. The predicted molar refractivity (Wildman–Crippen MR) is 108 cm³/mol. The fraction of sp³-hybridized carbons (Fsp3) is 0.381. The van der Waals surface area contributed by atoms with Gasteiger partial charge in [-0.25, -0.2) is 4.79 Å². The van der Waals surface area contributed by atoms with Gasteiger partial charge in [-0.05, 0) is 42.8 Å². The van der Waals surface area contributed by atoms with E-state index in [1.807, 2.05) is 43.3 Å². The Morgan fingerprint density at radius 2 is 1.65 bits per heavy atom. The monoisotopic (exact) mass is 373 g/mol. The molecule has 0 saturated heterocycles. The summed E-state index contributed by atoms with van der Waals surface area (Å²) in [6, 6.07) is 15.4. The largest absolute Gasteiger partial charge is 0.334 e. The number of nitrogens with one attached hydrogen (secondary N) is 2. The number of benzene rings is 2. The highest BCUT2D eigenvalue weighted by Gasteiger charge is 2.12. The van der Waals surface area contributed by atoms with E-state index in [9.17, 15) is 4.79 Å². The van der Waals surface area contributed by atoms with Crippen LogP contribution in [-0.2, 0) is 13.1 Å². The summed E-state index contributed by atoms with van der Waals surface area (Å²) >= 11 is 6.20. The van der Waals surface area contributed by atoms with E-state index in [0.29, 0.717) is 11.6 Å². The number of urea groups is 1. The van der Waals surface area contributed by atoms with Crippen LogP contribution in [0.25, 0.3) is 0 Å². The number of amides is 2. The van der Waals surface area contributed by atoms with Crippen molar-refractivity contribution >= 4 is 17.6 Å². The number of carbonyl (C=O) groups is 1. The Kier molecular flexibility index (Phi) is 7.95. The SMILES string of the molecule is CCN(CC)Cc1ccccc1CNC(=O)NC(C)c1ccccc1Cl. The van der Waals surface area contributed by atoms with Gasteiger partial charge < -0.3 is 10.6 Å². The zero-order valence-electron chi connectivity index (χ0n) is 15.8. The van der Waals surface area contributed by atoms with E-state index < -0.39 is 0 Å². The van der Waals surface area contributed by atoms with Crippen molar-refractivity contribution in [3.63, 3.8) is 0 Å². The molecule has 0 fully saturated rings. The molecular formula is C21H28ClN3O. The molecule has 2 rings (SSSR count). The van der Waals surface area contributed by atoms with Crippen LogP contribution in [0.1, 0.15) is 43.5 Å². The molecule has 2 amide bonds. The molecule has 2 aromatic rings. The lowest BCUT2D eigenvalue weighted by Crippen LogP contribution is -2.37. The molecule has 0 aliphatic carbocycles. The van der Waals surface area contributed by atoms with Crippen LogP contribution in [0, 0.1) is 0 Å². The summed E-state index contributed by atoms with van der Waals surface area (Å²) < 4.78 is 0. The maximum absolute atomic E-state index is 12.3. The Bertz CT molecular complexity index is 716. The highest BCUT2D eigenvalue weighted by atomic mass is 35.5. The minimum absolute atomic E-state index is 0.158. The lowest BCUT2D eigenvalue weighted by atomic mass is 10.1. The van der Waals surface area contributed by atoms with Crippen molar-refractivity contribution in [1.29, 1.82) is 0 Å². The second kappa shape index (κ2) is 10.2. The normalized spacial score (nSPS) is 12.0. The van der Waals surface area contributed by atoms with Gasteiger partial charge in [-0.2, -0.15) is 0 Å². The molecule has 1 unspecified atom stereocenters. The molecule has 0 saturated carbocycles. The van der Waals surface area contributed by atoms with Gasteiger partial charge in [0.1, 0.15) is 0 Å². The summed E-state index contributed by atoms with van der Waals surface area (Å²) in [5.41, 5.74) is 3.29. The van der Waals surface area contributed by atoms with Crippen LogP contribution >= 0.6 is 11.6 Å². The van der Waals surface area contributed by atoms with Gasteiger partial charge in [0.2, 0.25) is 0 Å². The Labute approximate surface area is 161 Å². The number of hydrogen-bond donors (Lipinski definition) is 2. The molecule has 0 aromatic heterocycles. The van der Waals surface area contributed by atoms with Gasteiger partial charge >= 0.3 is 6.03 Å². The van der Waals surface area contributed by atoms with Gasteiger partial charge in [-0.15, -0.1) is 0 Å². The molecule has 4 nitrogen and oxygen atoms in total. The summed E-state index contributed by atoms with van der Waals surface area (Å²) in [5, 5.41) is 6.56. The minimum atomic E-state index is -0.199. The third-order valence-corrected chi connectivity index (χ3v) is 4.91. The van der Waals surface area contributed by atoms with Crippen molar-refractivity contribution in [2.75, 3.05) is 13.1 Å². The fourth-order valence-corrected chi connectivity index (χ4v) is 3.20. The van der Waals surface area contributed by atoms with Crippen molar-refractivity contribution in [3.05, 3.63) is 70.2 Å². The van der Waals surface area contributed by atoms with Crippen LogP contribution < -0.4 is 10.6 Å². The van der Waals surface area contributed by atoms with E-state index in [0.717, 1.165) is 30.8 Å². The highest BCUT2D eigenvalue weighted by Crippen LogP contribution is 2.22. The van der Waals surface area contributed by atoms with E-state index in [4.69, 9.17) is 11.6 Å². The summed E-state index contributed by atoms with van der Waals surface area (Å²) in [6.07, 6.45) is 0. The Morgan fingerprint density at radius 3 is 2.31 bits per heavy atom. The van der Waals surface area contributed by atoms with E-state index in [2.05, 4.69) is 41.5 Å². The molecule has 0 aliphatic rings. The maximum atomic E-state index is 12.3. The molecular weight excluding hydrogens is 346 g/mol. The Hall–Kier alpha value is -2.04. The third kappa shape index (κ3) is 5.75. The van der Waals surface area contributed by atoms with Crippen molar-refractivity contribution in [1.82, 2.24) is 15.5 Å². The Balaban J connectivity index is 1.94. The van der Waals surface area contributed by atoms with Gasteiger partial charge in [0, 0.05) is 18.1 Å². The van der Waals surface area contributed by atoms with Gasteiger partial charge in [0.05, 0.1) is 6.04 Å². The molecule has 5 heteroatoms. The van der Waals surface area contributed by atoms with E-state index in [1.165, 1.54) is 5.56 Å². The molecule has 2 N–H and O–H groups in total. The summed E-state index contributed by atoms with van der Waals surface area (Å²) in [7, 11) is 0. The third-order valence-electron chi connectivity index (χ3n) is 4.57. The van der Waals surface area contributed by atoms with Crippen LogP contribution in [0.2, 0.25) is 5.02 Å². The number of hydrogen-bond acceptors (Lipinski definition) is 2. The molecule has 140 valence electrons. The molecule has 0 bridgehead atoms. The first-order chi connectivity index (χ1) is 12.5. The van der Waals surface area contributed by atoms with Crippen LogP contribution in [0.15, 0.2) is 48.5 Å². The van der Waals surface area contributed by atoms with Gasteiger partial charge in [0.25, 0.3) is 0 Å². The Morgan fingerprint density at radius 1 is 1.04 bits per heavy atom. The zero-order chi connectivity index (χ0) is 18.9. The molecule has 0 aliphatic heterocycles. The number of rotatable bonds is 8. The van der Waals surface area contributed by atoms with Crippen LogP contribution in [0.4, 0.5) is 4.79 Å². The molecule has 0 heterocycles. The first-order valence-corrected chi connectivity index (χ1v) is 9.50. The molecule has 2 aromatic carbocycles. The first-order valence-electron chi connectivity index (χ1n) is 9.13. The topological polar surface area (TPSA) is 44.4 Å². The van der Waals surface area contributed by atoms with Crippen LogP contribution in [0.3, 0.4) is 0 Å². The van der Waals surface area contributed by atoms with E-state index >= 15 is 0 Å². The summed E-state index contributed by atoms with van der Waals surface area (Å²) in [5.74, 6) is 0. The number of carbonyl (C=O) groups excluding carboxylic acids is 1. The second-order valence-corrected chi connectivity index (χ2v) is 6.71. The van der Waals surface area contributed by atoms with Crippen LogP contribution in [0.5, 0.6) is 0 Å². The average Bonchev–Trinajstić information content (AvgIpc) is 2.65.